The van der Waals surface area contributed by atoms with Gasteiger partial charge in [-0.15, -0.1) is 0 Å². The Kier molecular flexibility index (Phi) is 11.7. The van der Waals surface area contributed by atoms with Crippen LogP contribution >= 0.6 is 0 Å². The Labute approximate surface area is 260 Å². The molecule has 0 amide bonds. The summed E-state index contributed by atoms with van der Waals surface area (Å²) in [7, 11) is -3.65. The molecule has 1 saturated carbocycles. The molecule has 0 heterocycles. The van der Waals surface area contributed by atoms with Crippen LogP contribution in [0, 0.1) is 16.0 Å². The lowest BCUT2D eigenvalue weighted by atomic mass is 9.89. The van der Waals surface area contributed by atoms with Gasteiger partial charge >= 0.3 is 0 Å². The number of nitro benzene ring substituents is 1. The van der Waals surface area contributed by atoms with Crippen molar-refractivity contribution >= 4 is 42.2 Å². The lowest BCUT2D eigenvalue weighted by Crippen LogP contribution is -2.36. The fraction of sp³-hybridized carbons (Fsp3) is 0.484. The normalized spacial score (nSPS) is 14.7. The zero-order valence-corrected chi connectivity index (χ0v) is 27.1. The van der Waals surface area contributed by atoms with Crippen molar-refractivity contribution in [2.45, 2.75) is 54.7 Å². The molecule has 1 fully saturated rings. The van der Waals surface area contributed by atoms with Gasteiger partial charge in [0.1, 0.15) is 0 Å². The van der Waals surface area contributed by atoms with Crippen molar-refractivity contribution in [2.24, 2.45) is 5.92 Å². The van der Waals surface area contributed by atoms with Crippen LogP contribution in [0.2, 0.25) is 0 Å². The Balaban J connectivity index is 1.32. The SMILES string of the molecule is CN(C)c1cccc2c(S(=O)(=O)NCCCN(CCCNS(=O)(=O)c3ccc([N+](=O)[O-])cc3)CC3CCCCC3)cccc12. The summed E-state index contributed by atoms with van der Waals surface area (Å²) in [4.78, 5) is 14.8. The molecule has 0 saturated heterocycles. The Morgan fingerprint density at radius 3 is 2.00 bits per heavy atom. The minimum atomic E-state index is -3.79. The molecule has 0 aliphatic heterocycles. The molecule has 2 N–H and O–H groups in total. The number of nitrogens with one attached hydrogen (secondary N) is 2. The Hall–Kier alpha value is -3.10. The smallest absolute Gasteiger partial charge is 0.269 e. The number of anilines is 1. The molecule has 0 spiro atoms. The highest BCUT2D eigenvalue weighted by atomic mass is 32.2. The van der Waals surface area contributed by atoms with Gasteiger partial charge in [0.15, 0.2) is 0 Å². The maximum atomic E-state index is 13.3. The fourth-order valence-corrected chi connectivity index (χ4v) is 8.21. The summed E-state index contributed by atoms with van der Waals surface area (Å²) in [5, 5.41) is 12.4. The molecule has 0 unspecified atom stereocenters. The van der Waals surface area contributed by atoms with Crippen LogP contribution in [0.15, 0.2) is 70.5 Å². The third kappa shape index (κ3) is 8.98. The van der Waals surface area contributed by atoms with Crippen LogP contribution in [-0.4, -0.2) is 73.5 Å². The van der Waals surface area contributed by atoms with Crippen molar-refractivity contribution in [1.29, 1.82) is 0 Å². The number of non-ortho nitro benzene ring substituents is 1. The average molecular weight is 646 g/mol. The number of rotatable bonds is 16. The van der Waals surface area contributed by atoms with Crippen molar-refractivity contribution in [3.63, 3.8) is 0 Å². The maximum Gasteiger partial charge on any atom is 0.269 e. The van der Waals surface area contributed by atoms with Crippen LogP contribution in [0.3, 0.4) is 0 Å². The van der Waals surface area contributed by atoms with E-state index in [0.29, 0.717) is 43.8 Å². The molecule has 0 aromatic heterocycles. The summed E-state index contributed by atoms with van der Waals surface area (Å²) in [5.41, 5.74) is 0.785. The van der Waals surface area contributed by atoms with E-state index in [0.717, 1.165) is 17.6 Å². The largest absolute Gasteiger partial charge is 0.377 e. The minimum Gasteiger partial charge on any atom is -0.377 e. The molecule has 13 heteroatoms. The molecule has 1 aliphatic carbocycles. The van der Waals surface area contributed by atoms with Crippen LogP contribution in [0.25, 0.3) is 10.8 Å². The van der Waals surface area contributed by atoms with Crippen LogP contribution in [0.1, 0.15) is 44.9 Å². The van der Waals surface area contributed by atoms with E-state index in [1.165, 1.54) is 56.4 Å². The second-order valence-corrected chi connectivity index (χ2v) is 15.1. The van der Waals surface area contributed by atoms with Crippen LogP contribution < -0.4 is 14.3 Å². The molecule has 3 aromatic rings. The first-order chi connectivity index (χ1) is 21.0. The van der Waals surface area contributed by atoms with E-state index < -0.39 is 25.0 Å². The number of sulfonamides is 2. The number of hydrogen-bond donors (Lipinski definition) is 2. The van der Waals surface area contributed by atoms with E-state index >= 15 is 0 Å². The second kappa shape index (κ2) is 15.3. The summed E-state index contributed by atoms with van der Waals surface area (Å²) in [6.07, 6.45) is 7.23. The summed E-state index contributed by atoms with van der Waals surface area (Å²) < 4.78 is 57.4. The van der Waals surface area contributed by atoms with Gasteiger partial charge in [-0.2, -0.15) is 0 Å². The Morgan fingerprint density at radius 1 is 0.795 bits per heavy atom. The first kappa shape index (κ1) is 33.8. The zero-order chi connectivity index (χ0) is 31.7. The topological polar surface area (TPSA) is 142 Å². The Bertz CT molecular complexity index is 1620. The Morgan fingerprint density at radius 2 is 1.39 bits per heavy atom. The molecule has 1 aliphatic rings. The van der Waals surface area contributed by atoms with Gasteiger partial charge in [-0.3, -0.25) is 10.1 Å². The first-order valence-corrected chi connectivity index (χ1v) is 18.1. The van der Waals surface area contributed by atoms with Crippen molar-refractivity contribution < 1.29 is 21.8 Å². The van der Waals surface area contributed by atoms with Gasteiger partial charge in [0.25, 0.3) is 5.69 Å². The second-order valence-electron chi connectivity index (χ2n) is 11.6. The van der Waals surface area contributed by atoms with E-state index in [1.807, 2.05) is 43.3 Å². The number of hydrogen-bond acceptors (Lipinski definition) is 8. The predicted molar refractivity (Wildman–Crippen MR) is 174 cm³/mol. The van der Waals surface area contributed by atoms with Gasteiger partial charge in [0.05, 0.1) is 14.7 Å². The van der Waals surface area contributed by atoms with Gasteiger partial charge in [0, 0.05) is 62.3 Å². The third-order valence-corrected chi connectivity index (χ3v) is 11.1. The summed E-state index contributed by atoms with van der Waals surface area (Å²) >= 11 is 0. The standard InChI is InChI=1S/C31H43N5O6S2/c1-34(2)30-14-6-13-29-28(30)12-7-15-31(29)44(41,42)33-21-9-23-35(24-25-10-4-3-5-11-25)22-8-20-32-43(39,40)27-18-16-26(17-19-27)36(37)38/h6-7,12-19,25,32-33H,3-5,8-11,20-24H2,1-2H3. The third-order valence-electron chi connectivity index (χ3n) is 8.12. The van der Waals surface area contributed by atoms with E-state index in [2.05, 4.69) is 14.3 Å². The van der Waals surface area contributed by atoms with Crippen molar-refractivity contribution in [3.8, 4) is 0 Å². The molecule has 11 nitrogen and oxygen atoms in total. The highest BCUT2D eigenvalue weighted by molar-refractivity contribution is 7.90. The van der Waals surface area contributed by atoms with Crippen LogP contribution in [0.5, 0.6) is 0 Å². The van der Waals surface area contributed by atoms with Crippen molar-refractivity contribution in [3.05, 3.63) is 70.8 Å². The van der Waals surface area contributed by atoms with Gasteiger partial charge in [0.2, 0.25) is 20.0 Å². The van der Waals surface area contributed by atoms with E-state index in [-0.39, 0.29) is 22.0 Å². The molecular weight excluding hydrogens is 603 g/mol. The quantitative estimate of drug-likeness (QED) is 0.129. The lowest BCUT2D eigenvalue weighted by Gasteiger charge is -2.30. The number of benzene rings is 3. The monoisotopic (exact) mass is 645 g/mol. The van der Waals surface area contributed by atoms with E-state index in [1.54, 1.807) is 12.1 Å². The van der Waals surface area contributed by atoms with Gasteiger partial charge in [-0.1, -0.05) is 43.5 Å². The molecule has 4 rings (SSSR count). The van der Waals surface area contributed by atoms with Gasteiger partial charge in [-0.05, 0) is 69.0 Å². The fourth-order valence-electron chi connectivity index (χ4n) is 5.84. The molecule has 44 heavy (non-hydrogen) atoms. The summed E-state index contributed by atoms with van der Waals surface area (Å²) in [5.74, 6) is 0.582. The van der Waals surface area contributed by atoms with Crippen molar-refractivity contribution in [2.75, 3.05) is 51.7 Å². The molecule has 240 valence electrons. The molecule has 0 radical (unpaired) electrons. The molecular formula is C31H43N5O6S2. The van der Waals surface area contributed by atoms with Crippen molar-refractivity contribution in [1.82, 2.24) is 14.3 Å². The number of fused-ring (bicyclic) bond motifs is 1. The lowest BCUT2D eigenvalue weighted by molar-refractivity contribution is -0.384. The first-order valence-electron chi connectivity index (χ1n) is 15.1. The number of nitrogens with zero attached hydrogens (tertiary/aromatic N) is 3. The van der Waals surface area contributed by atoms with Gasteiger partial charge < -0.3 is 9.80 Å². The molecule has 3 aromatic carbocycles. The number of nitro groups is 1. The highest BCUT2D eigenvalue weighted by Gasteiger charge is 2.21. The predicted octanol–water partition coefficient (Wildman–Crippen LogP) is 4.73. The minimum absolute atomic E-state index is 0.0152. The highest BCUT2D eigenvalue weighted by Crippen LogP contribution is 2.30. The van der Waals surface area contributed by atoms with E-state index in [9.17, 15) is 26.9 Å². The molecule has 0 bridgehead atoms. The zero-order valence-electron chi connectivity index (χ0n) is 25.4. The van der Waals surface area contributed by atoms with Gasteiger partial charge in [-0.25, -0.2) is 26.3 Å². The van der Waals surface area contributed by atoms with Crippen LogP contribution in [-0.2, 0) is 20.0 Å². The maximum absolute atomic E-state index is 13.3. The summed E-state index contributed by atoms with van der Waals surface area (Å²) in [6.45, 7) is 2.78. The van der Waals surface area contributed by atoms with Crippen LogP contribution in [0.4, 0.5) is 11.4 Å². The average Bonchev–Trinajstić information content (AvgIpc) is 3.01. The summed E-state index contributed by atoms with van der Waals surface area (Å²) in [6, 6.07) is 15.8. The molecule has 0 atom stereocenters. The van der Waals surface area contributed by atoms with E-state index in [4.69, 9.17) is 0 Å².